The molecule has 0 bridgehead atoms. The minimum Gasteiger partial charge on any atom is -0.495 e. The van der Waals surface area contributed by atoms with Crippen LogP contribution >= 0.6 is 37.2 Å². The van der Waals surface area contributed by atoms with E-state index in [1.165, 1.54) is 32.1 Å². The lowest BCUT2D eigenvalue weighted by Crippen LogP contribution is -2.57. The van der Waals surface area contributed by atoms with Crippen LogP contribution in [0.4, 0.5) is 5.69 Å². The number of para-hydroxylation sites is 2. The molecular weight excluding hydrogens is 489 g/mol. The van der Waals surface area contributed by atoms with Crippen molar-refractivity contribution in [3.8, 4) is 5.75 Å². The van der Waals surface area contributed by atoms with Gasteiger partial charge in [0.1, 0.15) is 18.0 Å². The van der Waals surface area contributed by atoms with E-state index in [1.54, 1.807) is 7.11 Å². The molecule has 192 valence electrons. The van der Waals surface area contributed by atoms with Gasteiger partial charge in [-0.25, -0.2) is 0 Å². The fourth-order valence-corrected chi connectivity index (χ4v) is 5.34. The second kappa shape index (κ2) is 14.8. The fourth-order valence-electron chi connectivity index (χ4n) is 5.34. The van der Waals surface area contributed by atoms with Crippen LogP contribution in [-0.4, -0.2) is 91.9 Å². The van der Waals surface area contributed by atoms with Crippen LogP contribution in [0.15, 0.2) is 24.3 Å². The predicted octanol–water partition coefficient (Wildman–Crippen LogP) is 2.49. The first kappa shape index (κ1) is 30.5. The van der Waals surface area contributed by atoms with E-state index in [4.69, 9.17) is 9.47 Å². The van der Waals surface area contributed by atoms with E-state index in [9.17, 15) is 10.2 Å². The van der Waals surface area contributed by atoms with Gasteiger partial charge in [-0.05, 0) is 25.0 Å². The Labute approximate surface area is 216 Å². The highest BCUT2D eigenvalue weighted by Gasteiger charge is 2.46. The van der Waals surface area contributed by atoms with Gasteiger partial charge in [0, 0.05) is 38.8 Å². The molecule has 0 amide bonds. The standard InChI is InChI=1S/C23H37N3O4.3ClH/c1-29-19-10-6-5-9-18(19)25-11-13-26(14-12-25)22-20(30-21(16-27)23(22)28)15-24-17-7-3-2-4-8-17;;;/h5-6,9-10,17,20-24,27-28H,2-4,7-8,11-16H2,1H3;3*1H/t20-,21+,22+,23-;;;/m1.../s1. The molecule has 0 radical (unpaired) electrons. The summed E-state index contributed by atoms with van der Waals surface area (Å²) in [6, 6.07) is 8.59. The normalized spacial score (nSPS) is 28.4. The Bertz CT molecular complexity index is 676. The van der Waals surface area contributed by atoms with Gasteiger partial charge in [-0.1, -0.05) is 31.4 Å². The third kappa shape index (κ3) is 7.24. The molecule has 1 aliphatic carbocycles. The van der Waals surface area contributed by atoms with Crippen LogP contribution in [0.3, 0.4) is 0 Å². The number of anilines is 1. The van der Waals surface area contributed by atoms with Gasteiger partial charge in [-0.15, -0.1) is 37.2 Å². The highest BCUT2D eigenvalue weighted by atomic mass is 35.5. The summed E-state index contributed by atoms with van der Waals surface area (Å²) in [4.78, 5) is 4.69. The lowest BCUT2D eigenvalue weighted by molar-refractivity contribution is -0.0220. The highest BCUT2D eigenvalue weighted by molar-refractivity contribution is 5.86. The fraction of sp³-hybridized carbons (Fsp3) is 0.739. The third-order valence-electron chi connectivity index (χ3n) is 7.02. The summed E-state index contributed by atoms with van der Waals surface area (Å²) in [6.45, 7) is 4.03. The van der Waals surface area contributed by atoms with Crippen LogP contribution in [0.2, 0.25) is 0 Å². The molecule has 10 heteroatoms. The minimum atomic E-state index is -0.661. The quantitative estimate of drug-likeness (QED) is 0.502. The van der Waals surface area contributed by atoms with Gasteiger partial charge in [0.15, 0.2) is 0 Å². The molecule has 0 aromatic heterocycles. The Kier molecular flexibility index (Phi) is 13.7. The lowest BCUT2D eigenvalue weighted by Gasteiger charge is -2.41. The number of rotatable bonds is 7. The molecule has 3 N–H and O–H groups in total. The zero-order valence-electron chi connectivity index (χ0n) is 19.3. The number of aliphatic hydroxyl groups is 2. The summed E-state index contributed by atoms with van der Waals surface area (Å²) in [5.74, 6) is 0.894. The molecule has 1 aromatic rings. The highest BCUT2D eigenvalue weighted by Crippen LogP contribution is 2.31. The van der Waals surface area contributed by atoms with Crippen molar-refractivity contribution < 1.29 is 19.7 Å². The average Bonchev–Trinajstić information content (AvgIpc) is 3.13. The van der Waals surface area contributed by atoms with E-state index in [1.807, 2.05) is 18.2 Å². The number of methoxy groups -OCH3 is 1. The van der Waals surface area contributed by atoms with Crippen LogP contribution in [0, 0.1) is 0 Å². The number of nitrogens with one attached hydrogen (secondary N) is 1. The number of benzene rings is 1. The molecule has 1 saturated carbocycles. The first-order chi connectivity index (χ1) is 14.7. The molecule has 3 aliphatic rings. The largest absolute Gasteiger partial charge is 0.495 e. The van der Waals surface area contributed by atoms with Crippen LogP contribution in [0.1, 0.15) is 32.1 Å². The summed E-state index contributed by atoms with van der Waals surface area (Å²) >= 11 is 0. The first-order valence-electron chi connectivity index (χ1n) is 11.5. The Morgan fingerprint density at radius 3 is 2.30 bits per heavy atom. The van der Waals surface area contributed by atoms with Crippen LogP contribution in [-0.2, 0) is 4.74 Å². The molecule has 2 saturated heterocycles. The van der Waals surface area contributed by atoms with Crippen molar-refractivity contribution in [3.63, 3.8) is 0 Å². The molecule has 4 rings (SSSR count). The summed E-state index contributed by atoms with van der Waals surface area (Å²) in [7, 11) is 1.71. The molecule has 0 unspecified atom stereocenters. The van der Waals surface area contributed by atoms with E-state index in [2.05, 4.69) is 21.2 Å². The number of halogens is 3. The predicted molar refractivity (Wildman–Crippen MR) is 139 cm³/mol. The third-order valence-corrected chi connectivity index (χ3v) is 7.02. The van der Waals surface area contributed by atoms with Gasteiger partial charge in [0.05, 0.1) is 31.5 Å². The molecule has 1 aromatic carbocycles. The van der Waals surface area contributed by atoms with Gasteiger partial charge in [0.25, 0.3) is 0 Å². The second-order valence-corrected chi connectivity index (χ2v) is 8.81. The number of piperazine rings is 1. The van der Waals surface area contributed by atoms with E-state index < -0.39 is 12.2 Å². The number of ether oxygens (including phenoxy) is 2. The topological polar surface area (TPSA) is 77.4 Å². The lowest BCUT2D eigenvalue weighted by atomic mass is 9.95. The SMILES string of the molecule is COc1ccccc1N1CCN([C@@H]2[C@H](O)[C@H](CO)O[C@@H]2CNC2CCCCC2)CC1.Cl.Cl.Cl. The summed E-state index contributed by atoms with van der Waals surface area (Å²) < 4.78 is 11.6. The minimum absolute atomic E-state index is 0. The van der Waals surface area contributed by atoms with Crippen LogP contribution < -0.4 is 15.0 Å². The van der Waals surface area contributed by atoms with Crippen LogP contribution in [0.5, 0.6) is 5.75 Å². The molecule has 2 aliphatic heterocycles. The zero-order valence-corrected chi connectivity index (χ0v) is 21.8. The van der Waals surface area contributed by atoms with Crippen molar-refractivity contribution in [3.05, 3.63) is 24.3 Å². The molecule has 3 fully saturated rings. The van der Waals surface area contributed by atoms with E-state index in [0.29, 0.717) is 6.04 Å². The van der Waals surface area contributed by atoms with Crippen molar-refractivity contribution in [1.29, 1.82) is 0 Å². The smallest absolute Gasteiger partial charge is 0.142 e. The van der Waals surface area contributed by atoms with Gasteiger partial charge >= 0.3 is 0 Å². The zero-order chi connectivity index (χ0) is 20.9. The van der Waals surface area contributed by atoms with E-state index in [-0.39, 0.29) is 56.0 Å². The number of hydrogen-bond acceptors (Lipinski definition) is 7. The van der Waals surface area contributed by atoms with Crippen molar-refractivity contribution in [2.24, 2.45) is 0 Å². The van der Waals surface area contributed by atoms with Crippen LogP contribution in [0.25, 0.3) is 0 Å². The van der Waals surface area contributed by atoms with Gasteiger partial charge in [0.2, 0.25) is 0 Å². The van der Waals surface area contributed by atoms with Crippen molar-refractivity contribution in [1.82, 2.24) is 10.2 Å². The molecule has 2 heterocycles. The van der Waals surface area contributed by atoms with Crippen molar-refractivity contribution in [2.75, 3.05) is 51.3 Å². The summed E-state index contributed by atoms with van der Waals surface area (Å²) in [6.07, 6.45) is 5.10. The Morgan fingerprint density at radius 2 is 1.67 bits per heavy atom. The molecule has 7 nitrogen and oxygen atoms in total. The molecular formula is C23H40Cl3N3O4. The number of hydrogen-bond donors (Lipinski definition) is 3. The number of aliphatic hydroxyl groups excluding tert-OH is 2. The molecule has 33 heavy (non-hydrogen) atoms. The van der Waals surface area contributed by atoms with Gasteiger partial charge < -0.3 is 29.9 Å². The maximum absolute atomic E-state index is 10.9. The summed E-state index contributed by atoms with van der Waals surface area (Å²) in [5, 5.41) is 24.3. The van der Waals surface area contributed by atoms with Gasteiger partial charge in [-0.2, -0.15) is 0 Å². The van der Waals surface area contributed by atoms with Gasteiger partial charge in [-0.3, -0.25) is 4.90 Å². The Morgan fingerprint density at radius 1 is 1.00 bits per heavy atom. The maximum Gasteiger partial charge on any atom is 0.142 e. The molecule has 4 atom stereocenters. The molecule has 0 spiro atoms. The Balaban J connectivity index is 0.00000181. The van der Waals surface area contributed by atoms with E-state index >= 15 is 0 Å². The number of nitrogens with zero attached hydrogens (tertiary/aromatic N) is 2. The Hall–Kier alpha value is -0.510. The monoisotopic (exact) mass is 527 g/mol. The van der Waals surface area contributed by atoms with Crippen molar-refractivity contribution >= 4 is 42.9 Å². The maximum atomic E-state index is 10.9. The van der Waals surface area contributed by atoms with Crippen molar-refractivity contribution in [2.45, 2.75) is 62.5 Å². The van der Waals surface area contributed by atoms with E-state index in [0.717, 1.165) is 44.2 Å². The first-order valence-corrected chi connectivity index (χ1v) is 11.5. The average molecular weight is 529 g/mol. The second-order valence-electron chi connectivity index (χ2n) is 8.81. The summed E-state index contributed by atoms with van der Waals surface area (Å²) in [5.41, 5.74) is 1.12.